The second-order valence-electron chi connectivity index (χ2n) is 5.63. The summed E-state index contributed by atoms with van der Waals surface area (Å²) in [5.41, 5.74) is 2.77. The smallest absolute Gasteiger partial charge is 0.323 e. The molecule has 22 heavy (non-hydrogen) atoms. The Labute approximate surface area is 128 Å². The van der Waals surface area contributed by atoms with E-state index in [-0.39, 0.29) is 17.6 Å². The number of nitrogens with one attached hydrogen (secondary N) is 2. The standard InChI is InChI=1S/C16H20N4O2/c1-3-20(15(21)13-10(2)18-16(22)19-13)12-8-4-6-11-7-5-9-17-14(11)12/h5,7,9,12H,3-4,6,8H2,1-2H3,(H2,18,19,22). The van der Waals surface area contributed by atoms with Crippen LogP contribution < -0.4 is 5.69 Å². The lowest BCUT2D eigenvalue weighted by molar-refractivity contribution is 0.0658. The van der Waals surface area contributed by atoms with Crippen LogP contribution in [0, 0.1) is 6.92 Å². The minimum atomic E-state index is -0.348. The van der Waals surface area contributed by atoms with Gasteiger partial charge in [0.25, 0.3) is 5.91 Å². The molecule has 1 amide bonds. The second kappa shape index (κ2) is 5.79. The number of aryl methyl sites for hydroxylation is 2. The van der Waals surface area contributed by atoms with Crippen LogP contribution in [-0.4, -0.2) is 32.3 Å². The highest BCUT2D eigenvalue weighted by Gasteiger charge is 2.31. The summed E-state index contributed by atoms with van der Waals surface area (Å²) in [6.07, 6.45) is 4.72. The van der Waals surface area contributed by atoms with Crippen molar-refractivity contribution in [3.63, 3.8) is 0 Å². The molecule has 116 valence electrons. The van der Waals surface area contributed by atoms with Crippen molar-refractivity contribution in [2.75, 3.05) is 6.54 Å². The van der Waals surface area contributed by atoms with E-state index in [9.17, 15) is 9.59 Å². The normalized spacial score (nSPS) is 17.1. The van der Waals surface area contributed by atoms with Crippen LogP contribution >= 0.6 is 0 Å². The molecule has 0 spiro atoms. The van der Waals surface area contributed by atoms with E-state index in [0.29, 0.717) is 17.9 Å². The number of hydrogen-bond donors (Lipinski definition) is 2. The Morgan fingerprint density at radius 1 is 1.45 bits per heavy atom. The van der Waals surface area contributed by atoms with Gasteiger partial charge in [0.1, 0.15) is 5.69 Å². The molecule has 0 radical (unpaired) electrons. The first-order chi connectivity index (χ1) is 10.6. The Balaban J connectivity index is 1.97. The van der Waals surface area contributed by atoms with Crippen LogP contribution in [0.1, 0.15) is 53.2 Å². The van der Waals surface area contributed by atoms with Crippen LogP contribution in [0.5, 0.6) is 0 Å². The van der Waals surface area contributed by atoms with E-state index < -0.39 is 0 Å². The van der Waals surface area contributed by atoms with Crippen LogP contribution in [0.3, 0.4) is 0 Å². The van der Waals surface area contributed by atoms with Gasteiger partial charge in [-0.05, 0) is 44.7 Å². The van der Waals surface area contributed by atoms with Gasteiger partial charge in [0.2, 0.25) is 0 Å². The summed E-state index contributed by atoms with van der Waals surface area (Å²) in [5, 5.41) is 0. The van der Waals surface area contributed by atoms with Gasteiger partial charge in [-0.2, -0.15) is 0 Å². The minimum Gasteiger partial charge on any atom is -0.329 e. The predicted molar refractivity (Wildman–Crippen MR) is 82.8 cm³/mol. The van der Waals surface area contributed by atoms with Crippen molar-refractivity contribution < 1.29 is 4.79 Å². The molecule has 0 saturated heterocycles. The zero-order valence-electron chi connectivity index (χ0n) is 12.8. The molecule has 1 atom stereocenters. The van der Waals surface area contributed by atoms with Crippen LogP contribution in [0.4, 0.5) is 0 Å². The summed E-state index contributed by atoms with van der Waals surface area (Å²) in [6, 6.07) is 3.99. The van der Waals surface area contributed by atoms with Gasteiger partial charge in [0.15, 0.2) is 0 Å². The molecule has 0 aromatic carbocycles. The lowest BCUT2D eigenvalue weighted by Crippen LogP contribution is -2.37. The molecular formula is C16H20N4O2. The van der Waals surface area contributed by atoms with Crippen LogP contribution in [-0.2, 0) is 6.42 Å². The molecular weight excluding hydrogens is 280 g/mol. The number of amides is 1. The number of carbonyl (C=O) groups is 1. The van der Waals surface area contributed by atoms with Crippen molar-refractivity contribution in [1.29, 1.82) is 0 Å². The zero-order valence-corrected chi connectivity index (χ0v) is 12.8. The van der Waals surface area contributed by atoms with Crippen molar-refractivity contribution in [2.24, 2.45) is 0 Å². The van der Waals surface area contributed by atoms with Crippen molar-refractivity contribution >= 4 is 5.91 Å². The van der Waals surface area contributed by atoms with E-state index >= 15 is 0 Å². The minimum absolute atomic E-state index is 0.0275. The SMILES string of the molecule is CCN(C(=O)c1[nH]c(=O)[nH]c1C)C1CCCc2cccnc21. The highest BCUT2D eigenvalue weighted by Crippen LogP contribution is 2.33. The number of aromatic nitrogens is 3. The van der Waals surface area contributed by atoms with Gasteiger partial charge in [-0.1, -0.05) is 6.07 Å². The summed E-state index contributed by atoms with van der Waals surface area (Å²) in [4.78, 5) is 35.8. The van der Waals surface area contributed by atoms with Crippen LogP contribution in [0.25, 0.3) is 0 Å². The molecule has 2 aromatic heterocycles. The lowest BCUT2D eigenvalue weighted by atomic mass is 9.90. The summed E-state index contributed by atoms with van der Waals surface area (Å²) in [5.74, 6) is -0.151. The van der Waals surface area contributed by atoms with Crippen molar-refractivity contribution in [2.45, 2.75) is 39.2 Å². The molecule has 1 aliphatic rings. The van der Waals surface area contributed by atoms with Gasteiger partial charge in [-0.15, -0.1) is 0 Å². The number of hydrogen-bond acceptors (Lipinski definition) is 3. The van der Waals surface area contributed by atoms with Gasteiger partial charge in [0.05, 0.1) is 11.7 Å². The zero-order chi connectivity index (χ0) is 15.7. The fourth-order valence-corrected chi connectivity index (χ4v) is 3.22. The van der Waals surface area contributed by atoms with Crippen molar-refractivity contribution in [1.82, 2.24) is 19.9 Å². The summed E-state index contributed by atoms with van der Waals surface area (Å²) in [7, 11) is 0. The molecule has 0 aliphatic heterocycles. The van der Waals surface area contributed by atoms with Crippen LogP contribution in [0.15, 0.2) is 23.1 Å². The number of rotatable bonds is 3. The Morgan fingerprint density at radius 2 is 2.27 bits per heavy atom. The maximum Gasteiger partial charge on any atom is 0.323 e. The molecule has 2 aromatic rings. The van der Waals surface area contributed by atoms with Gasteiger partial charge >= 0.3 is 5.69 Å². The fourth-order valence-electron chi connectivity index (χ4n) is 3.22. The number of pyridine rings is 1. The molecule has 6 nitrogen and oxygen atoms in total. The molecule has 2 N–H and O–H groups in total. The number of fused-ring (bicyclic) bond motifs is 1. The largest absolute Gasteiger partial charge is 0.329 e. The van der Waals surface area contributed by atoms with Gasteiger partial charge in [-0.3, -0.25) is 9.78 Å². The number of H-pyrrole nitrogens is 2. The third kappa shape index (κ3) is 2.45. The van der Waals surface area contributed by atoms with E-state index in [0.717, 1.165) is 25.0 Å². The molecule has 3 rings (SSSR count). The van der Waals surface area contributed by atoms with Crippen LogP contribution in [0.2, 0.25) is 0 Å². The average Bonchev–Trinajstić information content (AvgIpc) is 2.87. The fraction of sp³-hybridized carbons (Fsp3) is 0.438. The Bertz CT molecular complexity index is 747. The van der Waals surface area contributed by atoms with Gasteiger partial charge in [-0.25, -0.2) is 4.79 Å². The molecule has 6 heteroatoms. The maximum absolute atomic E-state index is 12.8. The molecule has 0 bridgehead atoms. The first-order valence-electron chi connectivity index (χ1n) is 7.65. The van der Waals surface area contributed by atoms with E-state index in [1.54, 1.807) is 18.0 Å². The summed E-state index contributed by atoms with van der Waals surface area (Å²) in [6.45, 7) is 4.26. The number of aromatic amines is 2. The third-order valence-electron chi connectivity index (χ3n) is 4.27. The highest BCUT2D eigenvalue weighted by atomic mass is 16.2. The molecule has 1 unspecified atom stereocenters. The monoisotopic (exact) mass is 300 g/mol. The van der Waals surface area contributed by atoms with Gasteiger partial charge < -0.3 is 14.9 Å². The maximum atomic E-state index is 12.8. The van der Waals surface area contributed by atoms with E-state index in [4.69, 9.17) is 0 Å². The topological polar surface area (TPSA) is 81.9 Å². The Morgan fingerprint density at radius 3 is 2.95 bits per heavy atom. The molecule has 0 fully saturated rings. The first kappa shape index (κ1) is 14.6. The molecule has 1 aliphatic carbocycles. The Kier molecular flexibility index (Phi) is 3.83. The number of imidazole rings is 1. The van der Waals surface area contributed by atoms with Crippen molar-refractivity contribution in [3.8, 4) is 0 Å². The average molecular weight is 300 g/mol. The predicted octanol–water partition coefficient (Wildman–Crippen LogP) is 1.95. The first-order valence-corrected chi connectivity index (χ1v) is 7.65. The number of carbonyl (C=O) groups excluding carboxylic acids is 1. The Hall–Kier alpha value is -2.37. The number of nitrogens with zero attached hydrogens (tertiary/aromatic N) is 2. The van der Waals surface area contributed by atoms with Crippen molar-refractivity contribution in [3.05, 3.63) is 51.5 Å². The lowest BCUT2D eigenvalue weighted by Gasteiger charge is -2.34. The summed E-state index contributed by atoms with van der Waals surface area (Å²) < 4.78 is 0. The highest BCUT2D eigenvalue weighted by molar-refractivity contribution is 5.93. The van der Waals surface area contributed by atoms with E-state index in [1.165, 1.54) is 5.56 Å². The van der Waals surface area contributed by atoms with Gasteiger partial charge in [0, 0.05) is 18.4 Å². The molecule has 0 saturated carbocycles. The third-order valence-corrected chi connectivity index (χ3v) is 4.27. The summed E-state index contributed by atoms with van der Waals surface area (Å²) >= 11 is 0. The van der Waals surface area contributed by atoms with E-state index in [1.807, 2.05) is 13.0 Å². The second-order valence-corrected chi connectivity index (χ2v) is 5.63. The molecule has 2 heterocycles. The van der Waals surface area contributed by atoms with E-state index in [2.05, 4.69) is 21.0 Å². The quantitative estimate of drug-likeness (QED) is 0.909.